The fourth-order valence-electron chi connectivity index (χ4n) is 1.44. The van der Waals surface area contributed by atoms with Crippen LogP contribution in [0.5, 0.6) is 0 Å². The quantitative estimate of drug-likeness (QED) is 0.504. The van der Waals surface area contributed by atoms with Crippen molar-refractivity contribution in [2.24, 2.45) is 11.8 Å². The molecule has 0 spiro atoms. The molecule has 0 aromatic carbocycles. The van der Waals surface area contributed by atoms with E-state index in [0.29, 0.717) is 0 Å². The molecule has 0 bridgehead atoms. The van der Waals surface area contributed by atoms with E-state index in [1.165, 1.54) is 6.92 Å². The Morgan fingerprint density at radius 2 is 1.50 bits per heavy atom. The highest BCUT2D eigenvalue weighted by Gasteiger charge is 2.22. The number of rotatable bonds is 5. The second-order valence-corrected chi connectivity index (χ2v) is 4.32. The van der Waals surface area contributed by atoms with Gasteiger partial charge >= 0.3 is 5.97 Å². The second kappa shape index (κ2) is 5.78. The summed E-state index contributed by atoms with van der Waals surface area (Å²) in [6.07, 6.45) is -0.211. The lowest BCUT2D eigenvalue weighted by molar-refractivity contribution is -0.155. The summed E-state index contributed by atoms with van der Waals surface area (Å²) in [6.45, 7) is 9.41. The van der Waals surface area contributed by atoms with E-state index in [2.05, 4.69) is 0 Å². The Morgan fingerprint density at radius 1 is 1.07 bits per heavy atom. The van der Waals surface area contributed by atoms with Gasteiger partial charge in [0.1, 0.15) is 18.3 Å². The first-order chi connectivity index (χ1) is 6.34. The molecule has 0 atom stereocenters. The van der Waals surface area contributed by atoms with Crippen molar-refractivity contribution >= 4 is 11.8 Å². The zero-order chi connectivity index (χ0) is 11.3. The summed E-state index contributed by atoms with van der Waals surface area (Å²) in [5.74, 6) is 0.00276. The average Bonchev–Trinajstić information content (AvgIpc) is 1.97. The molecule has 0 heterocycles. The van der Waals surface area contributed by atoms with Gasteiger partial charge in [-0.2, -0.15) is 0 Å². The summed E-state index contributed by atoms with van der Waals surface area (Å²) in [7, 11) is 0. The van der Waals surface area contributed by atoms with Crippen LogP contribution in [0.3, 0.4) is 0 Å². The van der Waals surface area contributed by atoms with E-state index in [-0.39, 0.29) is 30.1 Å². The number of ether oxygens (including phenoxy) is 1. The third-order valence-electron chi connectivity index (χ3n) is 1.97. The highest BCUT2D eigenvalue weighted by atomic mass is 16.5. The Hall–Kier alpha value is -0.860. The smallest absolute Gasteiger partial charge is 0.313 e. The largest absolute Gasteiger partial charge is 0.461 e. The van der Waals surface area contributed by atoms with Crippen LogP contribution < -0.4 is 0 Å². The van der Waals surface area contributed by atoms with Crippen molar-refractivity contribution in [3.8, 4) is 0 Å². The molecular weight excluding hydrogens is 180 g/mol. The molecule has 0 aromatic heterocycles. The van der Waals surface area contributed by atoms with Gasteiger partial charge in [-0.25, -0.2) is 0 Å². The summed E-state index contributed by atoms with van der Waals surface area (Å²) < 4.78 is 5.22. The molecule has 14 heavy (non-hydrogen) atoms. The van der Waals surface area contributed by atoms with Crippen LogP contribution >= 0.6 is 0 Å². The predicted molar refractivity (Wildman–Crippen MR) is 54.9 cm³/mol. The summed E-state index contributed by atoms with van der Waals surface area (Å²) in [6, 6.07) is 0. The zero-order valence-corrected chi connectivity index (χ0v) is 9.66. The molecule has 0 fully saturated rings. The summed E-state index contributed by atoms with van der Waals surface area (Å²) in [5, 5.41) is 0. The van der Waals surface area contributed by atoms with Crippen LogP contribution in [0.4, 0.5) is 0 Å². The first kappa shape index (κ1) is 13.1. The second-order valence-electron chi connectivity index (χ2n) is 4.32. The lowest BCUT2D eigenvalue weighted by Crippen LogP contribution is -2.29. The van der Waals surface area contributed by atoms with E-state index in [9.17, 15) is 9.59 Å². The van der Waals surface area contributed by atoms with E-state index in [1.54, 1.807) is 0 Å². The highest BCUT2D eigenvalue weighted by Crippen LogP contribution is 2.16. The summed E-state index contributed by atoms with van der Waals surface area (Å²) >= 11 is 0. The normalized spacial score (nSPS) is 11.1. The Labute approximate surface area is 85.8 Å². The maximum atomic E-state index is 11.2. The van der Waals surface area contributed by atoms with Gasteiger partial charge in [0, 0.05) is 0 Å². The Morgan fingerprint density at radius 3 is 1.79 bits per heavy atom. The van der Waals surface area contributed by atoms with Crippen LogP contribution in [0.15, 0.2) is 0 Å². The molecule has 0 amide bonds. The van der Waals surface area contributed by atoms with Gasteiger partial charge in [-0.05, 0) is 18.8 Å². The van der Waals surface area contributed by atoms with Crippen molar-refractivity contribution < 1.29 is 14.3 Å². The number of carbonyl (C=O) groups is 2. The topological polar surface area (TPSA) is 43.4 Å². The minimum Gasteiger partial charge on any atom is -0.461 e. The summed E-state index contributed by atoms with van der Waals surface area (Å²) in [5.41, 5.74) is 0. The monoisotopic (exact) mass is 200 g/mol. The maximum Gasteiger partial charge on any atom is 0.313 e. The van der Waals surface area contributed by atoms with Crippen molar-refractivity contribution in [2.75, 3.05) is 0 Å². The first-order valence-corrected chi connectivity index (χ1v) is 5.03. The van der Waals surface area contributed by atoms with Gasteiger partial charge in [0.2, 0.25) is 0 Å². The van der Waals surface area contributed by atoms with Crippen LogP contribution in [0.25, 0.3) is 0 Å². The van der Waals surface area contributed by atoms with E-state index in [1.807, 2.05) is 27.7 Å². The molecule has 0 N–H and O–H groups in total. The van der Waals surface area contributed by atoms with E-state index >= 15 is 0 Å². The third-order valence-corrected chi connectivity index (χ3v) is 1.97. The molecule has 82 valence electrons. The fourth-order valence-corrected chi connectivity index (χ4v) is 1.44. The van der Waals surface area contributed by atoms with Crippen LogP contribution in [0.1, 0.15) is 41.0 Å². The molecule has 0 radical (unpaired) electrons. The lowest BCUT2D eigenvalue weighted by Gasteiger charge is -2.24. The van der Waals surface area contributed by atoms with Crippen LogP contribution in [-0.2, 0) is 14.3 Å². The number of Topliss-reactive ketones (excluding diaryl/α,β-unsaturated/α-hetero) is 1. The van der Waals surface area contributed by atoms with Gasteiger partial charge in [-0.15, -0.1) is 0 Å². The van der Waals surface area contributed by atoms with Gasteiger partial charge in [-0.3, -0.25) is 9.59 Å². The minimum atomic E-state index is -0.412. The molecule has 0 unspecified atom stereocenters. The van der Waals surface area contributed by atoms with E-state index in [0.717, 1.165) is 0 Å². The number of esters is 1. The number of hydrogen-bond donors (Lipinski definition) is 0. The first-order valence-electron chi connectivity index (χ1n) is 5.03. The molecular formula is C11H20O3. The van der Waals surface area contributed by atoms with Gasteiger partial charge in [0.15, 0.2) is 0 Å². The molecule has 0 saturated heterocycles. The van der Waals surface area contributed by atoms with E-state index < -0.39 is 5.97 Å². The van der Waals surface area contributed by atoms with Gasteiger partial charge in [-0.1, -0.05) is 27.7 Å². The van der Waals surface area contributed by atoms with Crippen LogP contribution in [0.2, 0.25) is 0 Å². The van der Waals surface area contributed by atoms with Gasteiger partial charge in [0.05, 0.1) is 0 Å². The molecule has 0 aliphatic carbocycles. The van der Waals surface area contributed by atoms with Crippen LogP contribution in [0, 0.1) is 11.8 Å². The number of carbonyl (C=O) groups excluding carboxylic acids is 2. The van der Waals surface area contributed by atoms with Crippen molar-refractivity contribution in [3.05, 3.63) is 0 Å². The lowest BCUT2D eigenvalue weighted by atomic mass is 9.96. The molecule has 0 saturated carbocycles. The van der Waals surface area contributed by atoms with Crippen molar-refractivity contribution in [2.45, 2.75) is 47.1 Å². The average molecular weight is 200 g/mol. The number of hydrogen-bond acceptors (Lipinski definition) is 3. The zero-order valence-electron chi connectivity index (χ0n) is 9.66. The molecule has 0 rings (SSSR count). The molecule has 3 nitrogen and oxygen atoms in total. The van der Waals surface area contributed by atoms with Crippen molar-refractivity contribution in [3.63, 3.8) is 0 Å². The predicted octanol–water partition coefficient (Wildman–Crippen LogP) is 2.19. The Kier molecular flexibility index (Phi) is 5.43. The molecule has 0 aromatic rings. The van der Waals surface area contributed by atoms with Crippen molar-refractivity contribution in [1.29, 1.82) is 0 Å². The molecule has 0 aliphatic rings. The standard InChI is InChI=1S/C11H20O3/c1-7(2)11(8(3)4)14-10(13)6-9(5)12/h7-8,11H,6H2,1-5H3. The van der Waals surface area contributed by atoms with Crippen molar-refractivity contribution in [1.82, 2.24) is 0 Å². The SMILES string of the molecule is CC(=O)CC(=O)OC(C(C)C)C(C)C. The Bertz CT molecular complexity index is 199. The van der Waals surface area contributed by atoms with Crippen LogP contribution in [-0.4, -0.2) is 17.9 Å². The van der Waals surface area contributed by atoms with E-state index in [4.69, 9.17) is 4.74 Å². The minimum absolute atomic E-state index is 0.0955. The Balaban J connectivity index is 4.17. The number of ketones is 1. The van der Waals surface area contributed by atoms with Gasteiger partial charge < -0.3 is 4.74 Å². The molecule has 0 aliphatic heterocycles. The summed E-state index contributed by atoms with van der Waals surface area (Å²) in [4.78, 5) is 21.9. The molecule has 3 heteroatoms. The highest BCUT2D eigenvalue weighted by molar-refractivity contribution is 5.94. The van der Waals surface area contributed by atoms with Gasteiger partial charge in [0.25, 0.3) is 0 Å². The third kappa shape index (κ3) is 5.00. The maximum absolute atomic E-state index is 11.2. The fraction of sp³-hybridized carbons (Fsp3) is 0.818.